The summed E-state index contributed by atoms with van der Waals surface area (Å²) in [5.74, 6) is -1.70. The van der Waals surface area contributed by atoms with Crippen LogP contribution in [0.4, 0.5) is 8.78 Å². The van der Waals surface area contributed by atoms with E-state index in [2.05, 4.69) is 10.2 Å². The lowest BCUT2D eigenvalue weighted by Gasteiger charge is -2.13. The van der Waals surface area contributed by atoms with E-state index in [0.29, 0.717) is 34.2 Å². The van der Waals surface area contributed by atoms with Gasteiger partial charge in [-0.3, -0.25) is 0 Å². The molecule has 0 N–H and O–H groups in total. The summed E-state index contributed by atoms with van der Waals surface area (Å²) in [6.45, 7) is 0. The van der Waals surface area contributed by atoms with Crippen LogP contribution < -0.4 is 0 Å². The van der Waals surface area contributed by atoms with Crippen molar-refractivity contribution in [3.63, 3.8) is 0 Å². The largest absolute Gasteiger partial charge is 0.299 e. The number of hydrogen-bond donors (Lipinski definition) is 0. The predicted molar refractivity (Wildman–Crippen MR) is 194 cm³/mol. The molecular weight excluding hydrogens is 645 g/mol. The molecule has 0 bridgehead atoms. The Kier molecular flexibility index (Phi) is 7.17. The van der Waals surface area contributed by atoms with Gasteiger partial charge < -0.3 is 0 Å². The fourth-order valence-electron chi connectivity index (χ4n) is 6.33. The molecule has 6 aromatic carbocycles. The van der Waals surface area contributed by atoms with Crippen molar-refractivity contribution in [2.75, 3.05) is 0 Å². The minimum Gasteiger partial charge on any atom is -0.208 e. The molecule has 238 valence electrons. The Morgan fingerprint density at radius 2 is 0.760 bits per heavy atom. The number of nitrogens with zero attached hydrogens (tertiary/aromatic N) is 5. The van der Waals surface area contributed by atoms with Gasteiger partial charge in [-0.25, -0.2) is 15.0 Å². The predicted octanol–water partition coefficient (Wildman–Crippen LogP) is 10.8. The summed E-state index contributed by atoms with van der Waals surface area (Å²) in [5, 5.41) is 10.4. The molecule has 0 saturated carbocycles. The Bertz CT molecular complexity index is 2440. The summed E-state index contributed by atoms with van der Waals surface area (Å²) in [6.07, 6.45) is 0. The van der Waals surface area contributed by atoms with Gasteiger partial charge in [0.2, 0.25) is 0 Å². The first kappa shape index (κ1) is 29.9. The van der Waals surface area contributed by atoms with Crippen molar-refractivity contribution in [3.05, 3.63) is 163 Å². The van der Waals surface area contributed by atoms with Gasteiger partial charge in [0.15, 0.2) is 17.5 Å². The fraction of sp³-hybridized carbons (Fsp3) is 0.0238. The van der Waals surface area contributed by atoms with Crippen LogP contribution in [0.3, 0.4) is 0 Å². The molecule has 0 radical (unpaired) electrons. The Morgan fingerprint density at radius 1 is 0.380 bits per heavy atom. The van der Waals surface area contributed by atoms with Crippen LogP contribution in [0, 0.1) is 0 Å². The molecule has 0 saturated heterocycles. The Balaban J connectivity index is 1.09. The monoisotopic (exact) mass is 669 g/mol. The summed E-state index contributed by atoms with van der Waals surface area (Å²) in [4.78, 5) is 14.4. The molecule has 2 heterocycles. The van der Waals surface area contributed by atoms with E-state index in [1.165, 1.54) is 17.4 Å². The second-order valence-corrected chi connectivity index (χ2v) is 13.0. The zero-order valence-electron chi connectivity index (χ0n) is 26.3. The van der Waals surface area contributed by atoms with Crippen LogP contribution in [-0.2, 0) is 5.92 Å². The molecule has 1 aliphatic rings. The standard InChI is InChI=1S/C42H25F2N5S/c43-42(44)35-22-20-31(26-16-18-30(19-17-26)41-49-48-40(50-41)29-14-8-3-9-15-29)24-33(35)34-25-32(21-23-36(34)42)39-46-37(27-10-4-1-5-11-27)45-38(47-39)28-12-6-2-7-13-28/h1-25H. The van der Waals surface area contributed by atoms with Crippen LogP contribution in [0.15, 0.2) is 152 Å². The summed E-state index contributed by atoms with van der Waals surface area (Å²) in [7, 11) is 0. The zero-order valence-corrected chi connectivity index (χ0v) is 27.2. The van der Waals surface area contributed by atoms with E-state index in [0.717, 1.165) is 43.4 Å². The molecule has 0 amide bonds. The molecule has 8 heteroatoms. The summed E-state index contributed by atoms with van der Waals surface area (Å²) in [5.41, 5.74) is 6.93. The van der Waals surface area contributed by atoms with Gasteiger partial charge in [-0.1, -0.05) is 151 Å². The average molecular weight is 670 g/mol. The average Bonchev–Trinajstić information content (AvgIpc) is 3.77. The van der Waals surface area contributed by atoms with Gasteiger partial charge in [0.05, 0.1) is 0 Å². The Morgan fingerprint density at radius 3 is 1.28 bits per heavy atom. The van der Waals surface area contributed by atoms with Crippen LogP contribution >= 0.6 is 11.3 Å². The molecule has 0 atom stereocenters. The van der Waals surface area contributed by atoms with E-state index in [-0.39, 0.29) is 11.1 Å². The van der Waals surface area contributed by atoms with Gasteiger partial charge in [-0.05, 0) is 34.4 Å². The second-order valence-electron chi connectivity index (χ2n) is 12.0. The highest BCUT2D eigenvalue weighted by Gasteiger charge is 2.44. The number of hydrogen-bond acceptors (Lipinski definition) is 6. The van der Waals surface area contributed by atoms with Crippen LogP contribution in [0.25, 0.3) is 77.6 Å². The molecule has 0 fully saturated rings. The van der Waals surface area contributed by atoms with Crippen LogP contribution in [-0.4, -0.2) is 25.1 Å². The normalized spacial score (nSPS) is 12.8. The summed E-state index contributed by atoms with van der Waals surface area (Å²) >= 11 is 1.53. The molecule has 9 rings (SSSR count). The molecule has 0 spiro atoms. The number of alkyl halides is 2. The molecule has 2 aromatic heterocycles. The lowest BCUT2D eigenvalue weighted by atomic mass is 9.97. The van der Waals surface area contributed by atoms with Gasteiger partial charge in [0.25, 0.3) is 5.92 Å². The molecule has 5 nitrogen and oxygen atoms in total. The van der Waals surface area contributed by atoms with Crippen molar-refractivity contribution in [1.29, 1.82) is 0 Å². The van der Waals surface area contributed by atoms with Crippen LogP contribution in [0.2, 0.25) is 0 Å². The van der Waals surface area contributed by atoms with Gasteiger partial charge in [0.1, 0.15) is 10.0 Å². The van der Waals surface area contributed by atoms with E-state index < -0.39 is 5.92 Å². The maximum atomic E-state index is 15.9. The molecule has 1 aliphatic carbocycles. The third-order valence-electron chi connectivity index (χ3n) is 8.87. The Labute approximate surface area is 290 Å². The van der Waals surface area contributed by atoms with Crippen molar-refractivity contribution in [3.8, 4) is 77.6 Å². The minimum atomic E-state index is -3.14. The van der Waals surface area contributed by atoms with Crippen molar-refractivity contribution in [2.24, 2.45) is 0 Å². The number of fused-ring (bicyclic) bond motifs is 3. The van der Waals surface area contributed by atoms with Gasteiger partial charge in [-0.2, -0.15) is 8.78 Å². The first-order chi connectivity index (χ1) is 24.5. The smallest absolute Gasteiger partial charge is 0.208 e. The van der Waals surface area contributed by atoms with Gasteiger partial charge in [-0.15, -0.1) is 10.2 Å². The molecule has 0 unspecified atom stereocenters. The van der Waals surface area contributed by atoms with E-state index in [1.54, 1.807) is 24.3 Å². The molecule has 50 heavy (non-hydrogen) atoms. The van der Waals surface area contributed by atoms with Crippen molar-refractivity contribution in [1.82, 2.24) is 25.1 Å². The maximum absolute atomic E-state index is 15.9. The summed E-state index contributed by atoms with van der Waals surface area (Å²) in [6, 6.07) is 47.4. The third-order valence-corrected chi connectivity index (χ3v) is 9.90. The van der Waals surface area contributed by atoms with Crippen LogP contribution in [0.1, 0.15) is 11.1 Å². The topological polar surface area (TPSA) is 64.5 Å². The van der Waals surface area contributed by atoms with Crippen LogP contribution in [0.5, 0.6) is 0 Å². The number of benzene rings is 6. The number of aromatic nitrogens is 5. The first-order valence-corrected chi connectivity index (χ1v) is 16.9. The summed E-state index contributed by atoms with van der Waals surface area (Å²) < 4.78 is 31.8. The number of rotatable bonds is 6. The molecule has 8 aromatic rings. The fourth-order valence-corrected chi connectivity index (χ4v) is 7.18. The maximum Gasteiger partial charge on any atom is 0.299 e. The molecule has 0 aliphatic heterocycles. The highest BCUT2D eigenvalue weighted by molar-refractivity contribution is 7.17. The van der Waals surface area contributed by atoms with E-state index >= 15 is 8.78 Å². The first-order valence-electron chi connectivity index (χ1n) is 16.1. The third kappa shape index (κ3) is 5.27. The SMILES string of the molecule is FC1(F)c2ccc(-c3ccc(-c4nnc(-c5ccccc5)s4)cc3)cc2-c2cc(-c3nc(-c4ccccc4)nc(-c4ccccc4)n3)ccc21. The highest BCUT2D eigenvalue weighted by atomic mass is 32.1. The quantitative estimate of drug-likeness (QED) is 0.176. The van der Waals surface area contributed by atoms with Gasteiger partial charge >= 0.3 is 0 Å². The lowest BCUT2D eigenvalue weighted by Crippen LogP contribution is -2.10. The molecular formula is C42H25F2N5S. The van der Waals surface area contributed by atoms with E-state index in [9.17, 15) is 0 Å². The number of halogens is 2. The minimum absolute atomic E-state index is 0.0158. The Hall–Kier alpha value is -6.25. The van der Waals surface area contributed by atoms with Crippen molar-refractivity contribution >= 4 is 11.3 Å². The zero-order chi connectivity index (χ0) is 33.7. The van der Waals surface area contributed by atoms with Crippen molar-refractivity contribution < 1.29 is 8.78 Å². The second kappa shape index (κ2) is 12.0. The van der Waals surface area contributed by atoms with E-state index in [1.807, 2.05) is 121 Å². The van der Waals surface area contributed by atoms with Gasteiger partial charge in [0, 0.05) is 38.9 Å². The van der Waals surface area contributed by atoms with Crippen molar-refractivity contribution in [2.45, 2.75) is 5.92 Å². The highest BCUT2D eigenvalue weighted by Crippen LogP contribution is 2.52. The van der Waals surface area contributed by atoms with E-state index in [4.69, 9.17) is 15.0 Å². The lowest BCUT2D eigenvalue weighted by molar-refractivity contribution is 0.0480.